The summed E-state index contributed by atoms with van der Waals surface area (Å²) in [6, 6.07) is 8.62. The van der Waals surface area contributed by atoms with Gasteiger partial charge < -0.3 is 10.1 Å². The number of hydrogen-bond acceptors (Lipinski definition) is 3. The average Bonchev–Trinajstić information content (AvgIpc) is 2.53. The molecule has 1 aromatic carbocycles. The third-order valence-corrected chi connectivity index (χ3v) is 4.31. The zero-order chi connectivity index (χ0) is 14.9. The van der Waals surface area contributed by atoms with Crippen molar-refractivity contribution < 1.29 is 4.74 Å². The Morgan fingerprint density at radius 3 is 2.52 bits per heavy atom. The van der Waals surface area contributed by atoms with Crippen LogP contribution in [0, 0.1) is 5.92 Å². The highest BCUT2D eigenvalue weighted by atomic mass is 16.5. The van der Waals surface area contributed by atoms with Gasteiger partial charge in [-0.25, -0.2) is 0 Å². The Kier molecular flexibility index (Phi) is 7.04. The second-order valence-corrected chi connectivity index (χ2v) is 6.10. The molecular weight excluding hydrogens is 260 g/mol. The molecule has 1 aliphatic rings. The molecule has 1 N–H and O–H groups in total. The minimum absolute atomic E-state index is 0.805. The first kappa shape index (κ1) is 16.3. The van der Waals surface area contributed by atoms with E-state index in [1.54, 1.807) is 0 Å². The van der Waals surface area contributed by atoms with Gasteiger partial charge in [0.2, 0.25) is 0 Å². The Morgan fingerprint density at radius 1 is 1.19 bits per heavy atom. The molecule has 0 aromatic heterocycles. The summed E-state index contributed by atoms with van der Waals surface area (Å²) in [7, 11) is 2.04. The Morgan fingerprint density at radius 2 is 1.90 bits per heavy atom. The zero-order valence-electron chi connectivity index (χ0n) is 13.6. The molecule has 1 saturated heterocycles. The Hall–Kier alpha value is -1.06. The summed E-state index contributed by atoms with van der Waals surface area (Å²) >= 11 is 0. The molecule has 0 radical (unpaired) electrons. The van der Waals surface area contributed by atoms with Crippen molar-refractivity contribution in [2.75, 3.05) is 33.3 Å². The molecule has 2 rings (SSSR count). The molecule has 1 heterocycles. The fourth-order valence-electron chi connectivity index (χ4n) is 2.95. The first-order valence-electron chi connectivity index (χ1n) is 8.40. The number of piperidine rings is 1. The van der Waals surface area contributed by atoms with E-state index in [9.17, 15) is 0 Å². The van der Waals surface area contributed by atoms with E-state index < -0.39 is 0 Å². The van der Waals surface area contributed by atoms with Crippen LogP contribution in [-0.4, -0.2) is 38.2 Å². The fourth-order valence-corrected chi connectivity index (χ4v) is 2.95. The second kappa shape index (κ2) is 9.06. The molecule has 0 bridgehead atoms. The van der Waals surface area contributed by atoms with E-state index >= 15 is 0 Å². The number of rotatable bonds is 8. The molecule has 0 aliphatic carbocycles. The summed E-state index contributed by atoms with van der Waals surface area (Å²) in [5.41, 5.74) is 1.40. The van der Waals surface area contributed by atoms with Gasteiger partial charge in [0.25, 0.3) is 0 Å². The summed E-state index contributed by atoms with van der Waals surface area (Å²) < 4.78 is 5.63. The van der Waals surface area contributed by atoms with Crippen molar-refractivity contribution in [3.05, 3.63) is 29.8 Å². The van der Waals surface area contributed by atoms with Crippen molar-refractivity contribution in [2.45, 2.75) is 39.2 Å². The maximum Gasteiger partial charge on any atom is 0.119 e. The van der Waals surface area contributed by atoms with E-state index in [-0.39, 0.29) is 0 Å². The molecule has 3 nitrogen and oxygen atoms in total. The summed E-state index contributed by atoms with van der Waals surface area (Å²) in [5.74, 6) is 1.91. The van der Waals surface area contributed by atoms with Crippen LogP contribution in [0.3, 0.4) is 0 Å². The van der Waals surface area contributed by atoms with Crippen LogP contribution >= 0.6 is 0 Å². The predicted molar refractivity (Wildman–Crippen MR) is 88.8 cm³/mol. The molecular formula is C18H30N2O. The van der Waals surface area contributed by atoms with Crippen molar-refractivity contribution in [2.24, 2.45) is 5.92 Å². The van der Waals surface area contributed by atoms with Crippen LogP contribution in [0.2, 0.25) is 0 Å². The van der Waals surface area contributed by atoms with Gasteiger partial charge in [0.15, 0.2) is 0 Å². The predicted octanol–water partition coefficient (Wildman–Crippen LogP) is 3.30. The standard InChI is InChI=1S/C18H30N2O/c1-3-14-21-18-6-4-17(5-7-18)15-20-12-9-16(10-13-20)8-11-19-2/h4-7,16,19H,3,8-15H2,1-2H3. The Balaban J connectivity index is 1.73. The molecule has 0 spiro atoms. The topological polar surface area (TPSA) is 24.5 Å². The van der Waals surface area contributed by atoms with Gasteiger partial charge in [-0.2, -0.15) is 0 Å². The number of ether oxygens (including phenoxy) is 1. The third-order valence-electron chi connectivity index (χ3n) is 4.31. The summed E-state index contributed by atoms with van der Waals surface area (Å²) in [6.07, 6.45) is 5.08. The van der Waals surface area contributed by atoms with E-state index in [1.165, 1.54) is 37.9 Å². The van der Waals surface area contributed by atoms with Crippen LogP contribution in [-0.2, 0) is 6.54 Å². The first-order chi connectivity index (χ1) is 10.3. The van der Waals surface area contributed by atoms with Gasteiger partial charge in [-0.15, -0.1) is 0 Å². The largest absolute Gasteiger partial charge is 0.494 e. The van der Waals surface area contributed by atoms with E-state index in [0.29, 0.717) is 0 Å². The van der Waals surface area contributed by atoms with Crippen LogP contribution in [0.1, 0.15) is 38.2 Å². The SMILES string of the molecule is CCCOc1ccc(CN2CCC(CCNC)CC2)cc1. The molecule has 1 aromatic rings. The molecule has 0 amide bonds. The lowest BCUT2D eigenvalue weighted by Gasteiger charge is -2.32. The van der Waals surface area contributed by atoms with Gasteiger partial charge in [0.1, 0.15) is 5.75 Å². The van der Waals surface area contributed by atoms with Crippen molar-refractivity contribution in [1.82, 2.24) is 10.2 Å². The van der Waals surface area contributed by atoms with Crippen LogP contribution < -0.4 is 10.1 Å². The minimum Gasteiger partial charge on any atom is -0.494 e. The second-order valence-electron chi connectivity index (χ2n) is 6.10. The highest BCUT2D eigenvalue weighted by molar-refractivity contribution is 5.27. The number of likely N-dealkylation sites (tertiary alicyclic amines) is 1. The van der Waals surface area contributed by atoms with Crippen LogP contribution in [0.4, 0.5) is 0 Å². The number of nitrogens with one attached hydrogen (secondary N) is 1. The maximum atomic E-state index is 5.63. The molecule has 0 saturated carbocycles. The lowest BCUT2D eigenvalue weighted by Crippen LogP contribution is -2.34. The van der Waals surface area contributed by atoms with E-state index in [0.717, 1.165) is 37.8 Å². The van der Waals surface area contributed by atoms with Gasteiger partial charge in [-0.3, -0.25) is 4.90 Å². The van der Waals surface area contributed by atoms with E-state index in [1.807, 2.05) is 7.05 Å². The molecule has 21 heavy (non-hydrogen) atoms. The monoisotopic (exact) mass is 290 g/mol. The van der Waals surface area contributed by atoms with Crippen molar-refractivity contribution in [1.29, 1.82) is 0 Å². The van der Waals surface area contributed by atoms with Crippen molar-refractivity contribution in [3.63, 3.8) is 0 Å². The van der Waals surface area contributed by atoms with Crippen molar-refractivity contribution >= 4 is 0 Å². The first-order valence-corrected chi connectivity index (χ1v) is 8.40. The maximum absolute atomic E-state index is 5.63. The smallest absolute Gasteiger partial charge is 0.119 e. The Bertz CT molecular complexity index is 383. The van der Waals surface area contributed by atoms with Crippen LogP contribution in [0.25, 0.3) is 0 Å². The van der Waals surface area contributed by atoms with Crippen LogP contribution in [0.15, 0.2) is 24.3 Å². The highest BCUT2D eigenvalue weighted by Crippen LogP contribution is 2.22. The third kappa shape index (κ3) is 5.68. The minimum atomic E-state index is 0.805. The van der Waals surface area contributed by atoms with Gasteiger partial charge >= 0.3 is 0 Å². The molecule has 3 heteroatoms. The zero-order valence-corrected chi connectivity index (χ0v) is 13.6. The van der Waals surface area contributed by atoms with Crippen LogP contribution in [0.5, 0.6) is 5.75 Å². The molecule has 1 fully saturated rings. The fraction of sp³-hybridized carbons (Fsp3) is 0.667. The lowest BCUT2D eigenvalue weighted by atomic mass is 9.93. The molecule has 0 unspecified atom stereocenters. The van der Waals surface area contributed by atoms with E-state index in [2.05, 4.69) is 41.4 Å². The number of hydrogen-bond donors (Lipinski definition) is 1. The summed E-state index contributed by atoms with van der Waals surface area (Å²) in [5, 5.41) is 3.26. The number of benzene rings is 1. The van der Waals surface area contributed by atoms with Gasteiger partial charge in [0.05, 0.1) is 6.61 Å². The van der Waals surface area contributed by atoms with Gasteiger partial charge in [-0.05, 0) is 76.0 Å². The average molecular weight is 290 g/mol. The van der Waals surface area contributed by atoms with Gasteiger partial charge in [0, 0.05) is 6.54 Å². The molecule has 118 valence electrons. The Labute approximate surface area is 129 Å². The van der Waals surface area contributed by atoms with Gasteiger partial charge in [-0.1, -0.05) is 19.1 Å². The summed E-state index contributed by atoms with van der Waals surface area (Å²) in [6.45, 7) is 7.65. The van der Waals surface area contributed by atoms with E-state index in [4.69, 9.17) is 4.74 Å². The normalized spacial score (nSPS) is 17.0. The lowest BCUT2D eigenvalue weighted by molar-refractivity contribution is 0.172. The summed E-state index contributed by atoms with van der Waals surface area (Å²) in [4.78, 5) is 2.58. The molecule has 1 aliphatic heterocycles. The number of nitrogens with zero attached hydrogens (tertiary/aromatic N) is 1. The molecule has 0 atom stereocenters. The highest BCUT2D eigenvalue weighted by Gasteiger charge is 2.18. The van der Waals surface area contributed by atoms with Crippen molar-refractivity contribution in [3.8, 4) is 5.75 Å². The quantitative estimate of drug-likeness (QED) is 0.795.